The van der Waals surface area contributed by atoms with E-state index in [4.69, 9.17) is 4.74 Å². The number of hydrogen-bond donors (Lipinski definition) is 0. The number of ether oxygens (including phenoxy) is 1. The largest absolute Gasteiger partial charge is 0.432 e. The van der Waals surface area contributed by atoms with Crippen LogP contribution in [0.4, 0.5) is 10.1 Å². The van der Waals surface area contributed by atoms with Crippen molar-refractivity contribution in [2.75, 3.05) is 0 Å². The molecule has 0 amide bonds. The van der Waals surface area contributed by atoms with Crippen LogP contribution in [0, 0.1) is 22.9 Å². The van der Waals surface area contributed by atoms with Gasteiger partial charge in [0, 0.05) is 13.1 Å². The summed E-state index contributed by atoms with van der Waals surface area (Å²) in [5.74, 6) is -0.777. The molecule has 1 heterocycles. The van der Waals surface area contributed by atoms with Gasteiger partial charge in [0.15, 0.2) is 0 Å². The third-order valence-electron chi connectivity index (χ3n) is 2.31. The molecule has 0 N–H and O–H groups in total. The minimum atomic E-state index is -0.934. The van der Waals surface area contributed by atoms with E-state index in [2.05, 4.69) is 5.10 Å². The standard InChI is InChI=1S/C11H10FN3O3/c1-7-6-10(14(2)13-7)18-9-5-3-4-8(12)11(9)15(16)17/h3-6H,1-2H3. The fraction of sp³-hybridized carbons (Fsp3) is 0.182. The number of rotatable bonds is 3. The summed E-state index contributed by atoms with van der Waals surface area (Å²) in [6.07, 6.45) is 0. The summed E-state index contributed by atoms with van der Waals surface area (Å²) in [6, 6.07) is 5.30. The van der Waals surface area contributed by atoms with Gasteiger partial charge in [0.1, 0.15) is 0 Å². The van der Waals surface area contributed by atoms with Gasteiger partial charge in [-0.15, -0.1) is 0 Å². The second kappa shape index (κ2) is 4.44. The summed E-state index contributed by atoms with van der Waals surface area (Å²) < 4.78 is 20.1. The van der Waals surface area contributed by atoms with Gasteiger partial charge in [-0.2, -0.15) is 9.49 Å². The first-order valence-electron chi connectivity index (χ1n) is 5.10. The quantitative estimate of drug-likeness (QED) is 0.621. The Bertz CT molecular complexity index is 610. The molecule has 94 valence electrons. The monoisotopic (exact) mass is 251 g/mol. The summed E-state index contributed by atoms with van der Waals surface area (Å²) in [5.41, 5.74) is 0.0166. The number of nitro benzene ring substituents is 1. The molecule has 1 aromatic carbocycles. The number of aromatic nitrogens is 2. The zero-order valence-electron chi connectivity index (χ0n) is 9.75. The van der Waals surface area contributed by atoms with E-state index in [1.807, 2.05) is 0 Å². The molecule has 1 aromatic heterocycles. The van der Waals surface area contributed by atoms with Crippen LogP contribution < -0.4 is 4.74 Å². The molecule has 7 heteroatoms. The molecule has 2 rings (SSSR count). The Morgan fingerprint density at radius 1 is 1.50 bits per heavy atom. The fourth-order valence-electron chi connectivity index (χ4n) is 1.55. The second-order valence-corrected chi connectivity index (χ2v) is 3.69. The number of nitrogens with zero attached hydrogens (tertiary/aromatic N) is 3. The Balaban J connectivity index is 2.43. The van der Waals surface area contributed by atoms with Crippen LogP contribution in [0.5, 0.6) is 11.6 Å². The number of aryl methyl sites for hydroxylation is 2. The molecule has 0 atom stereocenters. The average Bonchev–Trinajstić information content (AvgIpc) is 2.57. The van der Waals surface area contributed by atoms with Crippen LogP contribution in [0.15, 0.2) is 24.3 Å². The van der Waals surface area contributed by atoms with E-state index < -0.39 is 16.4 Å². The summed E-state index contributed by atoms with van der Waals surface area (Å²) in [4.78, 5) is 9.97. The predicted octanol–water partition coefficient (Wildman–Crippen LogP) is 2.57. The topological polar surface area (TPSA) is 70.2 Å². The lowest BCUT2D eigenvalue weighted by Crippen LogP contribution is -1.99. The van der Waals surface area contributed by atoms with Crippen LogP contribution in [0.1, 0.15) is 5.69 Å². The van der Waals surface area contributed by atoms with E-state index in [1.165, 1.54) is 16.8 Å². The molecule has 18 heavy (non-hydrogen) atoms. The number of halogens is 1. The van der Waals surface area contributed by atoms with Gasteiger partial charge in [0.05, 0.1) is 10.6 Å². The molecular formula is C11H10FN3O3. The number of hydrogen-bond acceptors (Lipinski definition) is 4. The maximum Gasteiger partial charge on any atom is 0.346 e. The molecule has 0 saturated carbocycles. The minimum Gasteiger partial charge on any atom is -0.432 e. The van der Waals surface area contributed by atoms with E-state index >= 15 is 0 Å². The molecule has 0 aliphatic rings. The third kappa shape index (κ3) is 2.15. The molecule has 0 radical (unpaired) electrons. The Morgan fingerprint density at radius 2 is 2.22 bits per heavy atom. The highest BCUT2D eigenvalue weighted by atomic mass is 19.1. The highest BCUT2D eigenvalue weighted by Gasteiger charge is 2.22. The van der Waals surface area contributed by atoms with Crippen LogP contribution in [0.2, 0.25) is 0 Å². The van der Waals surface area contributed by atoms with Crippen LogP contribution >= 0.6 is 0 Å². The maximum absolute atomic E-state index is 13.4. The number of nitro groups is 1. The van der Waals surface area contributed by atoms with E-state index in [1.54, 1.807) is 20.0 Å². The van der Waals surface area contributed by atoms with E-state index in [-0.39, 0.29) is 5.75 Å². The molecule has 6 nitrogen and oxygen atoms in total. The smallest absolute Gasteiger partial charge is 0.346 e. The summed E-state index contributed by atoms with van der Waals surface area (Å²) >= 11 is 0. The lowest BCUT2D eigenvalue weighted by Gasteiger charge is -2.06. The normalized spacial score (nSPS) is 10.4. The first-order chi connectivity index (χ1) is 8.49. The van der Waals surface area contributed by atoms with E-state index in [9.17, 15) is 14.5 Å². The van der Waals surface area contributed by atoms with Gasteiger partial charge in [-0.05, 0) is 19.1 Å². The highest BCUT2D eigenvalue weighted by molar-refractivity contribution is 5.48. The number of benzene rings is 1. The summed E-state index contributed by atoms with van der Waals surface area (Å²) in [6.45, 7) is 1.76. The molecule has 0 fully saturated rings. The first kappa shape index (κ1) is 12.0. The fourth-order valence-corrected chi connectivity index (χ4v) is 1.55. The maximum atomic E-state index is 13.4. The lowest BCUT2D eigenvalue weighted by molar-refractivity contribution is -0.388. The molecule has 2 aromatic rings. The lowest BCUT2D eigenvalue weighted by atomic mass is 10.3. The molecule has 0 aliphatic heterocycles. The molecule has 0 saturated heterocycles. The molecular weight excluding hydrogens is 241 g/mol. The van der Waals surface area contributed by atoms with Crippen LogP contribution in [-0.4, -0.2) is 14.7 Å². The van der Waals surface area contributed by atoms with E-state index in [0.717, 1.165) is 6.07 Å². The van der Waals surface area contributed by atoms with Crippen molar-refractivity contribution in [2.45, 2.75) is 6.92 Å². The van der Waals surface area contributed by atoms with Gasteiger partial charge in [0.25, 0.3) is 0 Å². The van der Waals surface area contributed by atoms with Crippen molar-refractivity contribution in [1.29, 1.82) is 0 Å². The Morgan fingerprint density at radius 3 is 2.78 bits per heavy atom. The minimum absolute atomic E-state index is 0.150. The third-order valence-corrected chi connectivity index (χ3v) is 2.31. The van der Waals surface area contributed by atoms with Gasteiger partial charge in [-0.3, -0.25) is 10.1 Å². The van der Waals surface area contributed by atoms with Crippen molar-refractivity contribution >= 4 is 5.69 Å². The zero-order valence-corrected chi connectivity index (χ0v) is 9.75. The molecule has 0 spiro atoms. The average molecular weight is 251 g/mol. The van der Waals surface area contributed by atoms with Crippen molar-refractivity contribution in [3.05, 3.63) is 45.9 Å². The van der Waals surface area contributed by atoms with Gasteiger partial charge in [-0.25, -0.2) is 4.68 Å². The second-order valence-electron chi connectivity index (χ2n) is 3.69. The van der Waals surface area contributed by atoms with Crippen LogP contribution in [-0.2, 0) is 7.05 Å². The molecule has 0 unspecified atom stereocenters. The van der Waals surface area contributed by atoms with Crippen molar-refractivity contribution in [1.82, 2.24) is 9.78 Å². The molecule has 0 bridgehead atoms. The van der Waals surface area contributed by atoms with Gasteiger partial charge < -0.3 is 4.74 Å². The zero-order chi connectivity index (χ0) is 13.3. The SMILES string of the molecule is Cc1cc(Oc2cccc(F)c2[N+](=O)[O-])n(C)n1. The Hall–Kier alpha value is -2.44. The van der Waals surface area contributed by atoms with Crippen molar-refractivity contribution in [2.24, 2.45) is 7.05 Å². The van der Waals surface area contributed by atoms with Crippen molar-refractivity contribution < 1.29 is 14.1 Å². The predicted molar refractivity (Wildman–Crippen MR) is 61.1 cm³/mol. The van der Waals surface area contributed by atoms with E-state index in [0.29, 0.717) is 11.6 Å². The van der Waals surface area contributed by atoms with Gasteiger partial charge >= 0.3 is 5.69 Å². The Kier molecular flexibility index (Phi) is 2.97. The summed E-state index contributed by atoms with van der Waals surface area (Å²) in [5, 5.41) is 14.8. The van der Waals surface area contributed by atoms with Crippen molar-refractivity contribution in [3.63, 3.8) is 0 Å². The van der Waals surface area contributed by atoms with Crippen molar-refractivity contribution in [3.8, 4) is 11.6 Å². The van der Waals surface area contributed by atoms with Crippen LogP contribution in [0.3, 0.4) is 0 Å². The van der Waals surface area contributed by atoms with Crippen LogP contribution in [0.25, 0.3) is 0 Å². The first-order valence-corrected chi connectivity index (χ1v) is 5.10. The summed E-state index contributed by atoms with van der Waals surface area (Å²) in [7, 11) is 1.63. The highest BCUT2D eigenvalue weighted by Crippen LogP contribution is 2.33. The number of para-hydroxylation sites is 1. The van der Waals surface area contributed by atoms with Gasteiger partial charge in [0.2, 0.25) is 17.4 Å². The molecule has 0 aliphatic carbocycles. The van der Waals surface area contributed by atoms with Gasteiger partial charge in [-0.1, -0.05) is 6.07 Å². The Labute approximate surface area is 102 Å².